The smallest absolute Gasteiger partial charge is 0.311 e. The van der Waals surface area contributed by atoms with E-state index < -0.39 is 17.8 Å². The molecule has 1 aromatic carbocycles. The van der Waals surface area contributed by atoms with Gasteiger partial charge in [-0.3, -0.25) is 9.59 Å². The molecule has 0 radical (unpaired) electrons. The molecule has 4 nitrogen and oxygen atoms in total. The van der Waals surface area contributed by atoms with Crippen molar-refractivity contribution in [2.24, 2.45) is 0 Å². The molecule has 0 aliphatic rings. The molecule has 1 rings (SSSR count). The minimum absolute atomic E-state index is 0.00274. The van der Waals surface area contributed by atoms with E-state index in [4.69, 9.17) is 21.1 Å². The summed E-state index contributed by atoms with van der Waals surface area (Å²) in [5.74, 6) is -2.25. The molecule has 0 atom stereocenters. The lowest BCUT2D eigenvalue weighted by Crippen LogP contribution is -2.18. The summed E-state index contributed by atoms with van der Waals surface area (Å²) in [6.07, 6.45) is 0.995. The van der Waals surface area contributed by atoms with E-state index in [-0.39, 0.29) is 29.7 Å². The van der Waals surface area contributed by atoms with Crippen LogP contribution >= 0.6 is 11.6 Å². The minimum atomic E-state index is -0.733. The van der Waals surface area contributed by atoms with Crippen LogP contribution in [0.4, 0.5) is 4.39 Å². The average molecular weight is 317 g/mol. The zero-order chi connectivity index (χ0) is 15.8. The van der Waals surface area contributed by atoms with Crippen LogP contribution in [0.5, 0.6) is 5.75 Å². The van der Waals surface area contributed by atoms with E-state index >= 15 is 0 Å². The molecular formula is C15H18ClFO4. The number of benzene rings is 1. The van der Waals surface area contributed by atoms with E-state index in [9.17, 15) is 14.0 Å². The van der Waals surface area contributed by atoms with Gasteiger partial charge in [0.2, 0.25) is 0 Å². The lowest BCUT2D eigenvalue weighted by Gasteiger charge is -2.13. The number of carbonyl (C=O) groups is 2. The SMILES string of the molecule is CCC(CC)OC(=O)CCC(=O)Oc1c(F)cccc1Cl. The van der Waals surface area contributed by atoms with Crippen LogP contribution in [-0.4, -0.2) is 18.0 Å². The van der Waals surface area contributed by atoms with Crippen LogP contribution in [0.15, 0.2) is 18.2 Å². The Morgan fingerprint density at radius 2 is 1.81 bits per heavy atom. The Kier molecular flexibility index (Phi) is 7.15. The predicted octanol–water partition coefficient (Wildman–Crippen LogP) is 3.90. The highest BCUT2D eigenvalue weighted by Crippen LogP contribution is 2.27. The van der Waals surface area contributed by atoms with E-state index in [0.717, 1.165) is 18.9 Å². The maximum Gasteiger partial charge on any atom is 0.311 e. The fourth-order valence-corrected chi connectivity index (χ4v) is 1.85. The summed E-state index contributed by atoms with van der Waals surface area (Å²) in [5.41, 5.74) is 0. The second-order valence-corrected chi connectivity index (χ2v) is 4.86. The summed E-state index contributed by atoms with van der Waals surface area (Å²) in [7, 11) is 0. The molecule has 0 bridgehead atoms. The highest BCUT2D eigenvalue weighted by molar-refractivity contribution is 6.32. The number of esters is 2. The topological polar surface area (TPSA) is 52.6 Å². The largest absolute Gasteiger partial charge is 0.462 e. The van der Waals surface area contributed by atoms with Crippen LogP contribution in [0.2, 0.25) is 5.02 Å². The van der Waals surface area contributed by atoms with E-state index in [0.29, 0.717) is 0 Å². The van der Waals surface area contributed by atoms with Gasteiger partial charge in [0.1, 0.15) is 6.10 Å². The first-order chi connectivity index (χ1) is 9.97. The maximum absolute atomic E-state index is 13.4. The Bertz CT molecular complexity index is 480. The van der Waals surface area contributed by atoms with Gasteiger partial charge < -0.3 is 9.47 Å². The van der Waals surface area contributed by atoms with Gasteiger partial charge in [0.25, 0.3) is 0 Å². The molecule has 0 aromatic heterocycles. The van der Waals surface area contributed by atoms with Gasteiger partial charge >= 0.3 is 11.9 Å². The molecule has 0 amide bonds. The molecule has 1 aromatic rings. The summed E-state index contributed by atoms with van der Waals surface area (Å²) in [4.78, 5) is 23.1. The third-order valence-electron chi connectivity index (χ3n) is 2.88. The van der Waals surface area contributed by atoms with Crippen molar-refractivity contribution in [2.45, 2.75) is 45.6 Å². The number of hydrogen-bond acceptors (Lipinski definition) is 4. The van der Waals surface area contributed by atoms with E-state index in [1.54, 1.807) is 0 Å². The van der Waals surface area contributed by atoms with Gasteiger partial charge in [-0.2, -0.15) is 0 Å². The lowest BCUT2D eigenvalue weighted by molar-refractivity contribution is -0.151. The van der Waals surface area contributed by atoms with Crippen molar-refractivity contribution in [3.05, 3.63) is 29.0 Å². The zero-order valence-corrected chi connectivity index (χ0v) is 12.8. The molecule has 0 saturated carbocycles. The highest BCUT2D eigenvalue weighted by Gasteiger charge is 2.16. The van der Waals surface area contributed by atoms with Gasteiger partial charge in [-0.15, -0.1) is 0 Å². The molecule has 0 aliphatic carbocycles. The molecule has 0 aliphatic heterocycles. The Morgan fingerprint density at radius 1 is 1.19 bits per heavy atom. The van der Waals surface area contributed by atoms with Gasteiger partial charge in [0.05, 0.1) is 17.9 Å². The first kappa shape index (κ1) is 17.4. The molecular weight excluding hydrogens is 299 g/mol. The van der Waals surface area contributed by atoms with Crippen LogP contribution in [0, 0.1) is 5.82 Å². The number of halogens is 2. The third-order valence-corrected chi connectivity index (χ3v) is 3.17. The summed E-state index contributed by atoms with van der Waals surface area (Å²) in [6.45, 7) is 3.83. The van der Waals surface area contributed by atoms with Gasteiger partial charge in [-0.25, -0.2) is 4.39 Å². The molecule has 0 unspecified atom stereocenters. The Hall–Kier alpha value is -1.62. The fraction of sp³-hybridized carbons (Fsp3) is 0.467. The Balaban J connectivity index is 2.46. The van der Waals surface area contributed by atoms with E-state index in [2.05, 4.69) is 0 Å². The summed E-state index contributed by atoms with van der Waals surface area (Å²) in [6, 6.07) is 3.95. The molecule has 0 spiro atoms. The lowest BCUT2D eigenvalue weighted by atomic mass is 10.2. The van der Waals surface area contributed by atoms with Crippen molar-refractivity contribution in [3.63, 3.8) is 0 Å². The number of rotatable bonds is 7. The number of para-hydroxylation sites is 1. The first-order valence-electron chi connectivity index (χ1n) is 6.82. The number of carbonyl (C=O) groups excluding carboxylic acids is 2. The van der Waals surface area contributed by atoms with Gasteiger partial charge in [-0.1, -0.05) is 31.5 Å². The fourth-order valence-electron chi connectivity index (χ4n) is 1.65. The van der Waals surface area contributed by atoms with Crippen molar-refractivity contribution in [2.75, 3.05) is 0 Å². The van der Waals surface area contributed by atoms with Crippen LogP contribution in [0.25, 0.3) is 0 Å². The molecule has 0 saturated heterocycles. The van der Waals surface area contributed by atoms with Gasteiger partial charge in [0.15, 0.2) is 11.6 Å². The molecule has 0 heterocycles. The number of ether oxygens (including phenoxy) is 2. The Morgan fingerprint density at radius 3 is 2.38 bits per heavy atom. The average Bonchev–Trinajstić information content (AvgIpc) is 2.46. The Labute approximate surface area is 128 Å². The molecule has 0 fully saturated rings. The van der Waals surface area contributed by atoms with Crippen LogP contribution in [0.1, 0.15) is 39.5 Å². The van der Waals surface area contributed by atoms with E-state index in [1.165, 1.54) is 12.1 Å². The van der Waals surface area contributed by atoms with Crippen LogP contribution in [0.3, 0.4) is 0 Å². The third kappa shape index (κ3) is 5.71. The summed E-state index contributed by atoms with van der Waals surface area (Å²) >= 11 is 5.73. The zero-order valence-electron chi connectivity index (χ0n) is 12.0. The second-order valence-electron chi connectivity index (χ2n) is 4.45. The molecule has 6 heteroatoms. The quantitative estimate of drug-likeness (QED) is 0.565. The normalized spacial score (nSPS) is 10.5. The summed E-state index contributed by atoms with van der Waals surface area (Å²) < 4.78 is 23.4. The summed E-state index contributed by atoms with van der Waals surface area (Å²) in [5, 5.41) is 0.00274. The monoisotopic (exact) mass is 316 g/mol. The second kappa shape index (κ2) is 8.62. The van der Waals surface area contributed by atoms with Crippen molar-refractivity contribution in [3.8, 4) is 5.75 Å². The van der Waals surface area contributed by atoms with Crippen molar-refractivity contribution >= 4 is 23.5 Å². The standard InChI is InChI=1S/C15H18ClFO4/c1-3-10(4-2)20-13(18)8-9-14(19)21-15-11(16)6-5-7-12(15)17/h5-7,10H,3-4,8-9H2,1-2H3. The van der Waals surface area contributed by atoms with Crippen LogP contribution < -0.4 is 4.74 Å². The van der Waals surface area contributed by atoms with Gasteiger partial charge in [-0.05, 0) is 25.0 Å². The predicted molar refractivity (Wildman–Crippen MR) is 76.7 cm³/mol. The number of hydrogen-bond donors (Lipinski definition) is 0. The van der Waals surface area contributed by atoms with Crippen molar-refractivity contribution in [1.82, 2.24) is 0 Å². The van der Waals surface area contributed by atoms with E-state index in [1.807, 2.05) is 13.8 Å². The maximum atomic E-state index is 13.4. The molecule has 0 N–H and O–H groups in total. The van der Waals surface area contributed by atoms with Crippen molar-refractivity contribution in [1.29, 1.82) is 0 Å². The highest BCUT2D eigenvalue weighted by atomic mass is 35.5. The molecule has 21 heavy (non-hydrogen) atoms. The first-order valence-corrected chi connectivity index (χ1v) is 7.19. The minimum Gasteiger partial charge on any atom is -0.462 e. The van der Waals surface area contributed by atoms with Crippen molar-refractivity contribution < 1.29 is 23.5 Å². The van der Waals surface area contributed by atoms with Gasteiger partial charge in [0, 0.05) is 0 Å². The van der Waals surface area contributed by atoms with Crippen LogP contribution in [-0.2, 0) is 14.3 Å². The molecule has 116 valence electrons.